The number of carbonyl (C=O) groups excluding carboxylic acids is 1. The molecule has 3 N–H and O–H groups in total. The number of aldehydes is 1. The minimum atomic E-state index is -1.70. The molecular formula is C6H10N6O4. The van der Waals surface area contributed by atoms with Gasteiger partial charge in [0.2, 0.25) is 0 Å². The molecule has 0 radical (unpaired) electrons. The summed E-state index contributed by atoms with van der Waals surface area (Å²) < 4.78 is 0. The predicted octanol–water partition coefficient (Wildman–Crippen LogP) is -0.743. The first-order valence-electron chi connectivity index (χ1n) is 4.13. The molecule has 0 bridgehead atoms. The van der Waals surface area contributed by atoms with Gasteiger partial charge in [0.25, 0.3) is 0 Å². The zero-order valence-corrected chi connectivity index (χ0v) is 8.03. The first kappa shape index (κ1) is 14.2. The smallest absolute Gasteiger partial charge is 0.131 e. The normalized spacial score (nSPS) is 17.2. The van der Waals surface area contributed by atoms with Gasteiger partial charge in [-0.25, -0.2) is 0 Å². The van der Waals surface area contributed by atoms with Crippen LogP contribution in [-0.4, -0.2) is 52.5 Å². The van der Waals surface area contributed by atoms with Gasteiger partial charge in [-0.05, 0) is 11.1 Å². The number of carbonyl (C=O) groups is 1. The van der Waals surface area contributed by atoms with Gasteiger partial charge in [-0.1, -0.05) is 10.2 Å². The quantitative estimate of drug-likeness (QED) is 0.226. The van der Waals surface area contributed by atoms with Gasteiger partial charge in [0, 0.05) is 9.82 Å². The van der Waals surface area contributed by atoms with Crippen molar-refractivity contribution in [3.05, 3.63) is 20.9 Å². The highest BCUT2D eigenvalue weighted by atomic mass is 16.3. The molecule has 0 unspecified atom stereocenters. The third-order valence-corrected chi connectivity index (χ3v) is 1.79. The van der Waals surface area contributed by atoms with Gasteiger partial charge in [-0.2, -0.15) is 0 Å². The van der Waals surface area contributed by atoms with Gasteiger partial charge in [-0.15, -0.1) is 0 Å². The summed E-state index contributed by atoms with van der Waals surface area (Å²) in [5.74, 6) is 0. The van der Waals surface area contributed by atoms with Crippen LogP contribution in [0.1, 0.15) is 0 Å². The monoisotopic (exact) mass is 230 g/mol. The molecule has 0 aromatic carbocycles. The lowest BCUT2D eigenvalue weighted by molar-refractivity contribution is -0.111. The Morgan fingerprint density at radius 2 is 1.81 bits per heavy atom. The summed E-state index contributed by atoms with van der Waals surface area (Å²) >= 11 is 0. The number of nitrogens with zero attached hydrogens (tertiary/aromatic N) is 6. The second-order valence-electron chi connectivity index (χ2n) is 2.77. The molecule has 10 nitrogen and oxygen atoms in total. The van der Waals surface area contributed by atoms with Crippen molar-refractivity contribution in [3.63, 3.8) is 0 Å². The van der Waals surface area contributed by atoms with E-state index in [9.17, 15) is 15.0 Å². The largest absolute Gasteiger partial charge is 0.394 e. The van der Waals surface area contributed by atoms with Crippen molar-refractivity contribution < 1.29 is 20.1 Å². The van der Waals surface area contributed by atoms with Crippen molar-refractivity contribution in [2.75, 3.05) is 6.61 Å². The van der Waals surface area contributed by atoms with Crippen LogP contribution in [-0.2, 0) is 4.79 Å². The highest BCUT2D eigenvalue weighted by molar-refractivity contribution is 5.59. The van der Waals surface area contributed by atoms with Gasteiger partial charge >= 0.3 is 0 Å². The molecule has 0 aliphatic heterocycles. The zero-order valence-electron chi connectivity index (χ0n) is 8.03. The first-order chi connectivity index (χ1) is 7.62. The molecule has 88 valence electrons. The van der Waals surface area contributed by atoms with Gasteiger partial charge in [0.15, 0.2) is 0 Å². The van der Waals surface area contributed by atoms with E-state index in [0.29, 0.717) is 0 Å². The molecule has 0 aliphatic carbocycles. The highest BCUT2D eigenvalue weighted by Crippen LogP contribution is 2.11. The van der Waals surface area contributed by atoms with E-state index in [-0.39, 0.29) is 6.29 Å². The number of aliphatic hydroxyl groups excluding tert-OH is 3. The Kier molecular flexibility index (Phi) is 6.61. The summed E-state index contributed by atoms with van der Waals surface area (Å²) in [5.41, 5.74) is 16.3. The number of hydrogen-bond acceptors (Lipinski definition) is 6. The molecule has 0 aromatic rings. The fourth-order valence-electron chi connectivity index (χ4n) is 0.978. The van der Waals surface area contributed by atoms with Gasteiger partial charge in [0.05, 0.1) is 24.9 Å². The highest BCUT2D eigenvalue weighted by Gasteiger charge is 2.31. The molecule has 0 saturated carbocycles. The van der Waals surface area contributed by atoms with Crippen LogP contribution in [0.5, 0.6) is 0 Å². The van der Waals surface area contributed by atoms with Gasteiger partial charge in [0.1, 0.15) is 12.3 Å². The zero-order chi connectivity index (χ0) is 12.6. The van der Waals surface area contributed by atoms with Crippen LogP contribution in [0.4, 0.5) is 0 Å². The summed E-state index contributed by atoms with van der Waals surface area (Å²) in [6.45, 7) is -0.775. The van der Waals surface area contributed by atoms with Crippen LogP contribution in [0.3, 0.4) is 0 Å². The fourth-order valence-corrected chi connectivity index (χ4v) is 0.978. The molecule has 0 aliphatic rings. The summed E-state index contributed by atoms with van der Waals surface area (Å²) in [6, 6.07) is -2.97. The Balaban J connectivity index is 4.96. The third kappa shape index (κ3) is 3.73. The van der Waals surface area contributed by atoms with Crippen molar-refractivity contribution >= 4 is 6.29 Å². The number of aliphatic hydroxyl groups is 3. The summed E-state index contributed by atoms with van der Waals surface area (Å²) in [7, 11) is 0. The minimum Gasteiger partial charge on any atom is -0.394 e. The Hall–Kier alpha value is -1.83. The van der Waals surface area contributed by atoms with Crippen LogP contribution in [0.25, 0.3) is 20.9 Å². The number of rotatable bonds is 7. The van der Waals surface area contributed by atoms with E-state index in [0.717, 1.165) is 0 Å². The summed E-state index contributed by atoms with van der Waals surface area (Å²) in [5, 5.41) is 33.3. The molecular weight excluding hydrogens is 220 g/mol. The van der Waals surface area contributed by atoms with E-state index in [1.165, 1.54) is 0 Å². The molecule has 10 heteroatoms. The average molecular weight is 230 g/mol. The molecule has 16 heavy (non-hydrogen) atoms. The van der Waals surface area contributed by atoms with Crippen molar-refractivity contribution in [3.8, 4) is 0 Å². The van der Waals surface area contributed by atoms with Gasteiger partial charge < -0.3 is 20.1 Å². The van der Waals surface area contributed by atoms with Crippen LogP contribution < -0.4 is 0 Å². The van der Waals surface area contributed by atoms with Gasteiger partial charge in [-0.3, -0.25) is 0 Å². The lowest BCUT2D eigenvalue weighted by atomic mass is 10.0. The van der Waals surface area contributed by atoms with E-state index in [1.54, 1.807) is 0 Å². The lowest BCUT2D eigenvalue weighted by Crippen LogP contribution is -2.44. The van der Waals surface area contributed by atoms with E-state index >= 15 is 0 Å². The molecule has 0 saturated heterocycles. The lowest BCUT2D eigenvalue weighted by Gasteiger charge is -2.23. The Morgan fingerprint density at radius 3 is 2.19 bits per heavy atom. The maximum Gasteiger partial charge on any atom is 0.131 e. The van der Waals surface area contributed by atoms with E-state index in [4.69, 9.17) is 16.2 Å². The van der Waals surface area contributed by atoms with Crippen LogP contribution >= 0.6 is 0 Å². The maximum atomic E-state index is 10.5. The number of azide groups is 2. The van der Waals surface area contributed by atoms with Crippen molar-refractivity contribution in [1.29, 1.82) is 0 Å². The van der Waals surface area contributed by atoms with Crippen LogP contribution in [0.2, 0.25) is 0 Å². The van der Waals surface area contributed by atoms with Crippen molar-refractivity contribution in [2.45, 2.75) is 24.3 Å². The Bertz CT molecular complexity index is 323. The van der Waals surface area contributed by atoms with Crippen molar-refractivity contribution in [2.24, 2.45) is 10.2 Å². The molecule has 0 aromatic heterocycles. The Labute approximate surface area is 89.4 Å². The van der Waals surface area contributed by atoms with Crippen LogP contribution in [0.15, 0.2) is 10.2 Å². The molecule has 0 spiro atoms. The van der Waals surface area contributed by atoms with E-state index in [2.05, 4.69) is 20.1 Å². The SMILES string of the molecule is [N-]=[N+]=N[C@@H]([C@H](O)[C@H](C=O)N=[N+]=[N-])[C@H](O)CO. The van der Waals surface area contributed by atoms with Crippen LogP contribution in [0, 0.1) is 0 Å². The maximum absolute atomic E-state index is 10.5. The van der Waals surface area contributed by atoms with E-state index in [1.807, 2.05) is 0 Å². The number of hydrogen-bond donors (Lipinski definition) is 3. The predicted molar refractivity (Wildman–Crippen MR) is 51.0 cm³/mol. The topological polar surface area (TPSA) is 175 Å². The van der Waals surface area contributed by atoms with E-state index < -0.39 is 30.9 Å². The molecule has 4 atom stereocenters. The standard InChI is InChI=1S/C6H10N6O4/c7-11-9-3(1-13)6(16)5(10-12-8)4(15)2-14/h1,3-6,14-16H,2H2/t3-,4+,5+,6+/m0/s1. The molecule has 0 amide bonds. The third-order valence-electron chi connectivity index (χ3n) is 1.79. The second-order valence-corrected chi connectivity index (χ2v) is 2.77. The average Bonchev–Trinajstić information content (AvgIpc) is 2.31. The summed E-state index contributed by atoms with van der Waals surface area (Å²) in [4.78, 5) is 15.1. The molecule has 0 heterocycles. The second kappa shape index (κ2) is 7.46. The fraction of sp³-hybridized carbons (Fsp3) is 0.833. The van der Waals surface area contributed by atoms with Crippen molar-refractivity contribution in [1.82, 2.24) is 0 Å². The minimum absolute atomic E-state index is 0.147. The summed E-state index contributed by atoms with van der Waals surface area (Å²) in [6.07, 6.45) is -3.11. The molecule has 0 fully saturated rings. The Morgan fingerprint density at radius 1 is 1.25 bits per heavy atom. The first-order valence-corrected chi connectivity index (χ1v) is 4.13. The molecule has 0 rings (SSSR count).